The molecule has 4 nitrogen and oxygen atoms in total. The number of anilines is 1. The number of methoxy groups -OCH3 is 1. The number of rotatable bonds is 7. The minimum Gasteiger partial charge on any atom is -0.495 e. The molecule has 102 valence electrons. The summed E-state index contributed by atoms with van der Waals surface area (Å²) in [5.41, 5.74) is 0.962. The van der Waals surface area contributed by atoms with E-state index in [1.165, 1.54) is 0 Å². The summed E-state index contributed by atoms with van der Waals surface area (Å²) in [6, 6.07) is 7.75. The molecule has 1 rings (SSSR count). The fourth-order valence-corrected chi connectivity index (χ4v) is 1.72. The monoisotopic (exact) mass is 253 g/mol. The van der Waals surface area contributed by atoms with Crippen molar-refractivity contribution in [1.82, 2.24) is 0 Å². The van der Waals surface area contributed by atoms with Gasteiger partial charge in [-0.15, -0.1) is 0 Å². The zero-order valence-corrected chi connectivity index (χ0v) is 11.6. The highest BCUT2D eigenvalue weighted by Crippen LogP contribution is 2.26. The van der Waals surface area contributed by atoms with Gasteiger partial charge >= 0.3 is 0 Å². The first-order valence-electron chi connectivity index (χ1n) is 6.18. The fourth-order valence-electron chi connectivity index (χ4n) is 1.72. The zero-order chi connectivity index (χ0) is 13.5. The molecule has 18 heavy (non-hydrogen) atoms. The van der Waals surface area contributed by atoms with Crippen LogP contribution in [0.3, 0.4) is 0 Å². The van der Waals surface area contributed by atoms with Gasteiger partial charge in [0.2, 0.25) is 0 Å². The Labute approximate surface area is 109 Å². The fraction of sp³-hybridized carbons (Fsp3) is 0.571. The summed E-state index contributed by atoms with van der Waals surface area (Å²) in [6.07, 6.45) is -0.376. The van der Waals surface area contributed by atoms with Gasteiger partial charge in [0.15, 0.2) is 0 Å². The molecule has 0 aromatic heterocycles. The Morgan fingerprint density at radius 3 is 2.56 bits per heavy atom. The summed E-state index contributed by atoms with van der Waals surface area (Å²) in [7, 11) is 3.57. The molecule has 0 spiro atoms. The molecule has 0 heterocycles. The van der Waals surface area contributed by atoms with Gasteiger partial charge < -0.3 is 19.5 Å². The summed E-state index contributed by atoms with van der Waals surface area (Å²) >= 11 is 0. The van der Waals surface area contributed by atoms with Crippen LogP contribution in [0.25, 0.3) is 0 Å². The van der Waals surface area contributed by atoms with E-state index in [9.17, 15) is 5.11 Å². The van der Waals surface area contributed by atoms with E-state index in [4.69, 9.17) is 9.47 Å². The summed E-state index contributed by atoms with van der Waals surface area (Å²) in [5, 5.41) is 9.89. The van der Waals surface area contributed by atoms with Crippen molar-refractivity contribution >= 4 is 5.69 Å². The van der Waals surface area contributed by atoms with Crippen LogP contribution in [0.4, 0.5) is 5.69 Å². The lowest BCUT2D eigenvalue weighted by atomic mass is 10.2. The molecule has 1 atom stereocenters. The van der Waals surface area contributed by atoms with Crippen LogP contribution < -0.4 is 9.64 Å². The molecule has 0 aliphatic heterocycles. The highest BCUT2D eigenvalue weighted by Gasteiger charge is 2.12. The van der Waals surface area contributed by atoms with Crippen LogP contribution in [0.15, 0.2) is 24.3 Å². The van der Waals surface area contributed by atoms with Gasteiger partial charge in [0.05, 0.1) is 31.6 Å². The summed E-state index contributed by atoms with van der Waals surface area (Å²) in [5.74, 6) is 0.803. The average Bonchev–Trinajstić information content (AvgIpc) is 2.36. The highest BCUT2D eigenvalue weighted by molar-refractivity contribution is 5.57. The Kier molecular flexibility index (Phi) is 5.95. The Balaban J connectivity index is 2.56. The Morgan fingerprint density at radius 2 is 1.94 bits per heavy atom. The first-order valence-corrected chi connectivity index (χ1v) is 6.18. The van der Waals surface area contributed by atoms with Gasteiger partial charge in [0.1, 0.15) is 5.75 Å². The van der Waals surface area contributed by atoms with Gasteiger partial charge in [-0.05, 0) is 26.0 Å². The number of benzene rings is 1. The van der Waals surface area contributed by atoms with Gasteiger partial charge in [-0.1, -0.05) is 12.1 Å². The van der Waals surface area contributed by atoms with Gasteiger partial charge in [0, 0.05) is 13.6 Å². The van der Waals surface area contributed by atoms with E-state index >= 15 is 0 Å². The van der Waals surface area contributed by atoms with Crippen LogP contribution in [0.1, 0.15) is 13.8 Å². The van der Waals surface area contributed by atoms with Gasteiger partial charge in [-0.2, -0.15) is 0 Å². The van der Waals surface area contributed by atoms with Crippen molar-refractivity contribution in [2.24, 2.45) is 0 Å². The topological polar surface area (TPSA) is 41.9 Å². The first kappa shape index (κ1) is 14.8. The van der Waals surface area contributed by atoms with Crippen molar-refractivity contribution in [3.8, 4) is 5.75 Å². The molecule has 0 bridgehead atoms. The largest absolute Gasteiger partial charge is 0.495 e. The van der Waals surface area contributed by atoms with Gasteiger partial charge in [-0.25, -0.2) is 0 Å². The summed E-state index contributed by atoms with van der Waals surface area (Å²) in [4.78, 5) is 1.97. The Hall–Kier alpha value is -1.26. The molecule has 0 amide bonds. The molecule has 0 aliphatic carbocycles. The second-order valence-electron chi connectivity index (χ2n) is 4.59. The van der Waals surface area contributed by atoms with E-state index in [0.29, 0.717) is 13.2 Å². The maximum atomic E-state index is 9.89. The lowest BCUT2D eigenvalue weighted by Gasteiger charge is -2.24. The van der Waals surface area contributed by atoms with Gasteiger partial charge in [0.25, 0.3) is 0 Å². The number of aliphatic hydroxyl groups excluding tert-OH is 1. The minimum atomic E-state index is -0.512. The quantitative estimate of drug-likeness (QED) is 0.806. The van der Waals surface area contributed by atoms with E-state index in [0.717, 1.165) is 11.4 Å². The maximum Gasteiger partial charge on any atom is 0.142 e. The van der Waals surface area contributed by atoms with Crippen molar-refractivity contribution in [3.05, 3.63) is 24.3 Å². The molecule has 1 aromatic carbocycles. The van der Waals surface area contributed by atoms with E-state index in [1.54, 1.807) is 7.11 Å². The summed E-state index contributed by atoms with van der Waals surface area (Å²) < 4.78 is 10.7. The van der Waals surface area contributed by atoms with E-state index < -0.39 is 6.10 Å². The van der Waals surface area contributed by atoms with Crippen molar-refractivity contribution < 1.29 is 14.6 Å². The number of hydrogen-bond donors (Lipinski definition) is 1. The predicted octanol–water partition coefficient (Wildman–Crippen LogP) is 1.92. The molecular formula is C14H23NO3. The molecule has 0 radical (unpaired) electrons. The smallest absolute Gasteiger partial charge is 0.142 e. The second-order valence-corrected chi connectivity index (χ2v) is 4.59. The first-order chi connectivity index (χ1) is 8.54. The van der Waals surface area contributed by atoms with Crippen LogP contribution in [0.5, 0.6) is 5.75 Å². The number of nitrogens with zero attached hydrogens (tertiary/aromatic N) is 1. The van der Waals surface area contributed by atoms with Crippen LogP contribution >= 0.6 is 0 Å². The van der Waals surface area contributed by atoms with Crippen molar-refractivity contribution in [2.75, 3.05) is 32.2 Å². The normalized spacial score (nSPS) is 12.6. The van der Waals surface area contributed by atoms with Gasteiger partial charge in [-0.3, -0.25) is 0 Å². The maximum absolute atomic E-state index is 9.89. The molecular weight excluding hydrogens is 230 g/mol. The van der Waals surface area contributed by atoms with E-state index in [2.05, 4.69) is 0 Å². The number of ether oxygens (including phenoxy) is 2. The highest BCUT2D eigenvalue weighted by atomic mass is 16.5. The Bertz CT molecular complexity index is 355. The van der Waals surface area contributed by atoms with Crippen LogP contribution in [-0.4, -0.2) is 44.6 Å². The lowest BCUT2D eigenvalue weighted by Crippen LogP contribution is -2.33. The molecule has 0 saturated heterocycles. The minimum absolute atomic E-state index is 0.135. The van der Waals surface area contributed by atoms with E-state index in [1.807, 2.05) is 50.1 Å². The van der Waals surface area contributed by atoms with Crippen LogP contribution in [0, 0.1) is 0 Å². The third-order valence-electron chi connectivity index (χ3n) is 2.60. The van der Waals surface area contributed by atoms with Crippen LogP contribution in [0.2, 0.25) is 0 Å². The zero-order valence-electron chi connectivity index (χ0n) is 11.6. The molecule has 0 aliphatic rings. The lowest BCUT2D eigenvalue weighted by molar-refractivity contribution is 0.00924. The molecule has 4 heteroatoms. The molecule has 1 N–H and O–H groups in total. The second kappa shape index (κ2) is 7.24. The van der Waals surface area contributed by atoms with Crippen molar-refractivity contribution in [2.45, 2.75) is 26.1 Å². The van der Waals surface area contributed by atoms with Crippen molar-refractivity contribution in [3.63, 3.8) is 0 Å². The molecule has 0 fully saturated rings. The SMILES string of the molecule is COc1ccccc1N(C)CC(O)COC(C)C. The summed E-state index contributed by atoms with van der Waals surface area (Å²) in [6.45, 7) is 4.76. The molecule has 1 aromatic rings. The predicted molar refractivity (Wildman–Crippen MR) is 73.4 cm³/mol. The third-order valence-corrected chi connectivity index (χ3v) is 2.60. The standard InChI is InChI=1S/C14H23NO3/c1-11(2)18-10-12(16)9-15(3)13-7-5-6-8-14(13)17-4/h5-8,11-12,16H,9-10H2,1-4H3. The van der Waals surface area contributed by atoms with Crippen LogP contribution in [-0.2, 0) is 4.74 Å². The average molecular weight is 253 g/mol. The molecule has 1 unspecified atom stereocenters. The number of para-hydroxylation sites is 2. The van der Waals surface area contributed by atoms with E-state index in [-0.39, 0.29) is 6.10 Å². The number of aliphatic hydroxyl groups is 1. The number of hydrogen-bond acceptors (Lipinski definition) is 4. The molecule has 0 saturated carbocycles. The number of likely N-dealkylation sites (N-methyl/N-ethyl adjacent to an activating group) is 1. The third kappa shape index (κ3) is 4.55. The Morgan fingerprint density at radius 1 is 1.28 bits per heavy atom. The van der Waals surface area contributed by atoms with Crippen molar-refractivity contribution in [1.29, 1.82) is 0 Å².